The second-order valence-electron chi connectivity index (χ2n) is 5.45. The number of nitrogens with one attached hydrogen (secondary N) is 2. The van der Waals surface area contributed by atoms with Gasteiger partial charge in [0, 0.05) is 16.9 Å². The van der Waals surface area contributed by atoms with Crippen molar-refractivity contribution in [3.05, 3.63) is 71.8 Å². The van der Waals surface area contributed by atoms with Crippen LogP contribution in [-0.4, -0.2) is 22.5 Å². The first kappa shape index (κ1) is 16.5. The fourth-order valence-corrected chi connectivity index (χ4v) is 3.50. The van der Waals surface area contributed by atoms with E-state index in [1.54, 1.807) is 11.8 Å². The van der Waals surface area contributed by atoms with Crippen LogP contribution in [0.25, 0.3) is 0 Å². The summed E-state index contributed by atoms with van der Waals surface area (Å²) >= 11 is 1.61. The number of carbonyl (C=O) groups is 1. The highest BCUT2D eigenvalue weighted by Gasteiger charge is 2.40. The molecule has 0 aromatic heterocycles. The lowest BCUT2D eigenvalue weighted by Crippen LogP contribution is -3.03. The van der Waals surface area contributed by atoms with Crippen LogP contribution in [0.5, 0.6) is 0 Å². The number of rotatable bonds is 6. The minimum atomic E-state index is -0.681. The number of benzene rings is 2. The van der Waals surface area contributed by atoms with E-state index in [0.29, 0.717) is 5.71 Å². The van der Waals surface area contributed by atoms with Crippen LogP contribution in [0.15, 0.2) is 65.8 Å². The Bertz CT molecular complexity index is 720. The number of hydrazone groups is 1. The van der Waals surface area contributed by atoms with E-state index in [1.807, 2.05) is 48.5 Å². The Morgan fingerprint density at radius 2 is 1.75 bits per heavy atom. The average molecular weight is 341 g/mol. The first-order valence-electron chi connectivity index (χ1n) is 7.97. The van der Waals surface area contributed by atoms with Gasteiger partial charge in [-0.25, -0.2) is 5.43 Å². The molecule has 1 heterocycles. The van der Waals surface area contributed by atoms with Gasteiger partial charge < -0.3 is 0 Å². The number of hydrogen-bond acceptors (Lipinski definition) is 4. The van der Waals surface area contributed by atoms with Crippen molar-refractivity contribution in [2.45, 2.75) is 18.6 Å². The predicted molar refractivity (Wildman–Crippen MR) is 97.2 cm³/mol. The van der Waals surface area contributed by atoms with Crippen LogP contribution in [0.3, 0.4) is 0 Å². The highest BCUT2D eigenvalue weighted by Crippen LogP contribution is 2.16. The van der Waals surface area contributed by atoms with E-state index in [4.69, 9.17) is 0 Å². The lowest BCUT2D eigenvalue weighted by atomic mass is 10.1. The molecular formula is C18H21N4OS+. The van der Waals surface area contributed by atoms with Crippen molar-refractivity contribution in [3.63, 3.8) is 0 Å². The number of amides is 1. The zero-order chi connectivity index (χ0) is 16.8. The first-order chi connectivity index (χ1) is 11.7. The van der Waals surface area contributed by atoms with Crippen LogP contribution in [0.4, 0.5) is 0 Å². The topological polar surface area (TPSA) is 70.1 Å². The fourth-order valence-electron chi connectivity index (χ4n) is 2.56. The van der Waals surface area contributed by atoms with Crippen LogP contribution < -0.4 is 16.1 Å². The van der Waals surface area contributed by atoms with Gasteiger partial charge in [0.2, 0.25) is 0 Å². The minimum absolute atomic E-state index is 0.162. The number of nitrogens with two attached hydrogens (primary N) is 1. The maximum Gasteiger partial charge on any atom is 0.316 e. The van der Waals surface area contributed by atoms with Crippen molar-refractivity contribution in [2.75, 3.05) is 5.75 Å². The molecule has 0 aliphatic carbocycles. The standard InChI is InChI=1S/C18H20N4OS/c1-2-24-18(19-13-14-9-5-3-6-10-14)20-17(23)16(21-22-18)15-11-7-4-8-12-15/h3-12,19,22H,2,13H2,1H3,(H,20,23)/p+1/t18-/m0/s1. The number of nitrogens with zero attached hydrogens (tertiary/aromatic N) is 1. The van der Waals surface area contributed by atoms with Gasteiger partial charge >= 0.3 is 5.12 Å². The van der Waals surface area contributed by atoms with E-state index < -0.39 is 5.12 Å². The molecule has 124 valence electrons. The molecular weight excluding hydrogens is 320 g/mol. The summed E-state index contributed by atoms with van der Waals surface area (Å²) in [5.74, 6) is 0.694. The molecule has 0 saturated heterocycles. The summed E-state index contributed by atoms with van der Waals surface area (Å²) in [6.07, 6.45) is 0. The highest BCUT2D eigenvalue weighted by atomic mass is 32.2. The van der Waals surface area contributed by atoms with Gasteiger partial charge in [0.25, 0.3) is 5.91 Å². The summed E-state index contributed by atoms with van der Waals surface area (Å²) in [6.45, 7) is 2.81. The first-order valence-corrected chi connectivity index (χ1v) is 8.96. The van der Waals surface area contributed by atoms with Gasteiger partial charge in [0.05, 0.1) is 0 Å². The van der Waals surface area contributed by atoms with E-state index in [2.05, 4.69) is 40.2 Å². The molecule has 4 N–H and O–H groups in total. The molecule has 1 amide bonds. The molecule has 0 unspecified atom stereocenters. The van der Waals surface area contributed by atoms with Crippen LogP contribution in [-0.2, 0) is 11.3 Å². The molecule has 3 rings (SSSR count). The largest absolute Gasteiger partial charge is 0.316 e. The Labute approximate surface area is 145 Å². The van der Waals surface area contributed by atoms with Crippen molar-refractivity contribution < 1.29 is 10.1 Å². The summed E-state index contributed by atoms with van der Waals surface area (Å²) in [6, 6.07) is 19.7. The molecule has 6 heteroatoms. The molecule has 1 atom stereocenters. The summed E-state index contributed by atoms with van der Waals surface area (Å²) in [4.78, 5) is 12.6. The Morgan fingerprint density at radius 1 is 1.08 bits per heavy atom. The second kappa shape index (κ2) is 7.51. The highest BCUT2D eigenvalue weighted by molar-refractivity contribution is 8.00. The summed E-state index contributed by atoms with van der Waals surface area (Å²) in [5.41, 5.74) is 5.56. The third-order valence-electron chi connectivity index (χ3n) is 3.74. The molecule has 24 heavy (non-hydrogen) atoms. The minimum Gasteiger partial charge on any atom is -0.292 e. The summed E-state index contributed by atoms with van der Waals surface area (Å²) < 4.78 is 0. The van der Waals surface area contributed by atoms with Crippen molar-refractivity contribution in [3.8, 4) is 0 Å². The second-order valence-corrected chi connectivity index (χ2v) is 6.96. The number of carbonyl (C=O) groups excluding carboxylic acids is 1. The SMILES string of the molecule is CCS[C@]1([NH2+]Cc2ccccc2)NN=C(c2ccccc2)C(=O)N1. The monoisotopic (exact) mass is 341 g/mol. The van der Waals surface area contributed by atoms with Gasteiger partial charge in [-0.2, -0.15) is 5.10 Å². The van der Waals surface area contributed by atoms with Gasteiger partial charge in [-0.1, -0.05) is 67.6 Å². The van der Waals surface area contributed by atoms with Crippen LogP contribution in [0, 0.1) is 0 Å². The maximum absolute atomic E-state index is 12.6. The predicted octanol–water partition coefficient (Wildman–Crippen LogP) is 1.24. The Kier molecular flexibility index (Phi) is 5.17. The average Bonchev–Trinajstić information content (AvgIpc) is 2.62. The van der Waals surface area contributed by atoms with E-state index in [9.17, 15) is 4.79 Å². The van der Waals surface area contributed by atoms with Crippen LogP contribution in [0.2, 0.25) is 0 Å². The third-order valence-corrected chi connectivity index (χ3v) is 4.84. The smallest absolute Gasteiger partial charge is 0.292 e. The fraction of sp³-hybridized carbons (Fsp3) is 0.222. The number of quaternary nitrogens is 1. The number of hydrogen-bond donors (Lipinski definition) is 3. The van der Waals surface area contributed by atoms with Gasteiger partial charge in [0.1, 0.15) is 6.54 Å². The molecule has 2 aromatic rings. The molecule has 1 aliphatic rings. The zero-order valence-corrected chi connectivity index (χ0v) is 14.3. The van der Waals surface area contributed by atoms with Crippen molar-refractivity contribution in [1.82, 2.24) is 10.7 Å². The Morgan fingerprint density at radius 3 is 2.38 bits per heavy atom. The van der Waals surface area contributed by atoms with Crippen LogP contribution >= 0.6 is 11.8 Å². The quantitative estimate of drug-likeness (QED) is 0.693. The van der Waals surface area contributed by atoms with E-state index in [-0.39, 0.29) is 5.91 Å². The normalized spacial score (nSPS) is 20.0. The van der Waals surface area contributed by atoms with Crippen LogP contribution in [0.1, 0.15) is 18.1 Å². The maximum atomic E-state index is 12.6. The third kappa shape index (κ3) is 3.77. The van der Waals surface area contributed by atoms with Gasteiger partial charge in [0.15, 0.2) is 5.71 Å². The molecule has 0 spiro atoms. The number of thioether (sulfide) groups is 1. The summed E-state index contributed by atoms with van der Waals surface area (Å²) in [7, 11) is 0. The summed E-state index contributed by atoms with van der Waals surface area (Å²) in [5, 5.41) is 8.83. The van der Waals surface area contributed by atoms with Crippen molar-refractivity contribution in [1.29, 1.82) is 0 Å². The Balaban J connectivity index is 1.77. The lowest BCUT2D eigenvalue weighted by Gasteiger charge is -2.33. The molecule has 5 nitrogen and oxygen atoms in total. The van der Waals surface area contributed by atoms with Crippen molar-refractivity contribution >= 4 is 23.4 Å². The van der Waals surface area contributed by atoms with E-state index in [0.717, 1.165) is 17.9 Å². The van der Waals surface area contributed by atoms with E-state index >= 15 is 0 Å². The Hall–Kier alpha value is -2.31. The van der Waals surface area contributed by atoms with Gasteiger partial charge in [-0.05, 0) is 11.8 Å². The van der Waals surface area contributed by atoms with E-state index in [1.165, 1.54) is 5.56 Å². The molecule has 0 saturated carbocycles. The molecule has 0 radical (unpaired) electrons. The van der Waals surface area contributed by atoms with Gasteiger partial charge in [-0.15, -0.1) is 0 Å². The molecule has 0 bridgehead atoms. The molecule has 1 aliphatic heterocycles. The lowest BCUT2D eigenvalue weighted by molar-refractivity contribution is -0.726. The van der Waals surface area contributed by atoms with Crippen molar-refractivity contribution in [2.24, 2.45) is 5.10 Å². The molecule has 2 aromatic carbocycles. The zero-order valence-electron chi connectivity index (χ0n) is 13.5. The molecule has 0 fully saturated rings. The van der Waals surface area contributed by atoms with Gasteiger partial charge in [-0.3, -0.25) is 15.4 Å².